The maximum atomic E-state index is 11.8. The Morgan fingerprint density at radius 2 is 2.19 bits per heavy atom. The smallest absolute Gasteiger partial charge is 0.246 e. The van der Waals surface area contributed by atoms with Crippen LogP contribution in [0.2, 0.25) is 0 Å². The first kappa shape index (κ1) is 17.3. The Labute approximate surface area is 158 Å². The van der Waals surface area contributed by atoms with Crippen LogP contribution in [0.4, 0.5) is 5.69 Å². The molecule has 3 aromatic heterocycles. The number of pyridine rings is 2. The molecule has 6 nitrogen and oxygen atoms in total. The van der Waals surface area contributed by atoms with E-state index in [1.54, 1.807) is 4.90 Å². The zero-order valence-corrected chi connectivity index (χ0v) is 15.6. The third kappa shape index (κ3) is 3.07. The van der Waals surface area contributed by atoms with Crippen molar-refractivity contribution < 1.29 is 4.79 Å². The zero-order chi connectivity index (χ0) is 19.0. The summed E-state index contributed by atoms with van der Waals surface area (Å²) in [6, 6.07) is 4.55. The average Bonchev–Trinajstić information content (AvgIpc) is 3.09. The van der Waals surface area contributed by atoms with Gasteiger partial charge in [-0.25, -0.2) is 4.98 Å². The summed E-state index contributed by atoms with van der Waals surface area (Å²) in [6.07, 6.45) is 10.00. The molecule has 1 saturated heterocycles. The predicted octanol–water partition coefficient (Wildman–Crippen LogP) is 3.02. The molecule has 0 atom stereocenters. The van der Waals surface area contributed by atoms with Gasteiger partial charge in [0.05, 0.1) is 17.9 Å². The number of aromatic nitrogens is 3. The van der Waals surface area contributed by atoms with Crippen LogP contribution in [-0.4, -0.2) is 51.9 Å². The van der Waals surface area contributed by atoms with Crippen LogP contribution in [0.15, 0.2) is 49.6 Å². The Bertz CT molecular complexity index is 1000. The number of aromatic amines is 1. The van der Waals surface area contributed by atoms with E-state index in [1.807, 2.05) is 31.8 Å². The SMILES string of the molecule is C=CC(=O)N(C)C1CN(c2cnc3[nH]cc(-c4cncc(CC)c4)c3c2)C1. The van der Waals surface area contributed by atoms with Crippen molar-refractivity contribution in [3.63, 3.8) is 0 Å². The molecule has 6 heteroatoms. The van der Waals surface area contributed by atoms with Crippen LogP contribution in [-0.2, 0) is 11.2 Å². The van der Waals surface area contributed by atoms with E-state index in [2.05, 4.69) is 45.5 Å². The Morgan fingerprint density at radius 1 is 1.37 bits per heavy atom. The molecule has 1 fully saturated rings. The predicted molar refractivity (Wildman–Crippen MR) is 108 cm³/mol. The second-order valence-corrected chi connectivity index (χ2v) is 6.94. The van der Waals surface area contributed by atoms with Gasteiger partial charge >= 0.3 is 0 Å². The number of rotatable bonds is 5. The lowest BCUT2D eigenvalue weighted by atomic mass is 10.0. The number of nitrogens with one attached hydrogen (secondary N) is 1. The molecule has 1 amide bonds. The van der Waals surface area contributed by atoms with Gasteiger partial charge in [0.1, 0.15) is 5.65 Å². The number of H-pyrrole nitrogens is 1. The van der Waals surface area contributed by atoms with Crippen molar-refractivity contribution in [2.75, 3.05) is 25.0 Å². The lowest BCUT2D eigenvalue weighted by Crippen LogP contribution is -2.59. The van der Waals surface area contributed by atoms with Crippen LogP contribution >= 0.6 is 0 Å². The summed E-state index contributed by atoms with van der Waals surface area (Å²) in [5.41, 5.74) is 5.35. The van der Waals surface area contributed by atoms with Crippen molar-refractivity contribution in [3.05, 3.63) is 55.1 Å². The number of hydrogen-bond donors (Lipinski definition) is 1. The number of amides is 1. The van der Waals surface area contributed by atoms with Gasteiger partial charge in [0, 0.05) is 55.2 Å². The number of fused-ring (bicyclic) bond motifs is 1. The van der Waals surface area contributed by atoms with Crippen molar-refractivity contribution in [2.45, 2.75) is 19.4 Å². The standard InChI is InChI=1S/C21H23N5O/c1-4-14-6-15(9-22-8-14)19-11-24-21-18(19)7-16(10-23-21)26-12-17(13-26)25(3)20(27)5-2/h5-11,17H,2,4,12-13H2,1,3H3,(H,23,24). The highest BCUT2D eigenvalue weighted by Crippen LogP contribution is 2.32. The highest BCUT2D eigenvalue weighted by atomic mass is 16.2. The first-order valence-electron chi connectivity index (χ1n) is 9.16. The summed E-state index contributed by atoms with van der Waals surface area (Å²) >= 11 is 0. The van der Waals surface area contributed by atoms with Crippen LogP contribution in [0.3, 0.4) is 0 Å². The summed E-state index contributed by atoms with van der Waals surface area (Å²) in [5.74, 6) is -0.0375. The quantitative estimate of drug-likeness (QED) is 0.710. The van der Waals surface area contributed by atoms with E-state index in [9.17, 15) is 4.79 Å². The number of hydrogen-bond acceptors (Lipinski definition) is 4. The van der Waals surface area contributed by atoms with Gasteiger partial charge in [-0.05, 0) is 30.2 Å². The maximum absolute atomic E-state index is 11.8. The van der Waals surface area contributed by atoms with Crippen LogP contribution in [0, 0.1) is 0 Å². The Kier molecular flexibility index (Phi) is 4.39. The lowest BCUT2D eigenvalue weighted by molar-refractivity contribution is -0.127. The molecule has 3 aromatic rings. The van der Waals surface area contributed by atoms with Gasteiger partial charge in [-0.3, -0.25) is 9.78 Å². The second-order valence-electron chi connectivity index (χ2n) is 6.94. The number of carbonyl (C=O) groups is 1. The number of aryl methyl sites for hydroxylation is 1. The van der Waals surface area contributed by atoms with Crippen molar-refractivity contribution >= 4 is 22.6 Å². The minimum atomic E-state index is -0.0375. The largest absolute Gasteiger partial charge is 0.366 e. The molecule has 27 heavy (non-hydrogen) atoms. The number of anilines is 1. The van der Waals surface area contributed by atoms with Gasteiger partial charge in [-0.15, -0.1) is 0 Å². The molecule has 0 aromatic carbocycles. The van der Waals surface area contributed by atoms with Crippen molar-refractivity contribution in [2.24, 2.45) is 0 Å². The Morgan fingerprint density at radius 3 is 2.93 bits per heavy atom. The molecule has 0 saturated carbocycles. The third-order valence-corrected chi connectivity index (χ3v) is 5.33. The van der Waals surface area contributed by atoms with E-state index in [-0.39, 0.29) is 11.9 Å². The van der Waals surface area contributed by atoms with Gasteiger partial charge in [-0.1, -0.05) is 13.5 Å². The van der Waals surface area contributed by atoms with Gasteiger partial charge in [0.2, 0.25) is 5.91 Å². The zero-order valence-electron chi connectivity index (χ0n) is 15.6. The molecule has 0 radical (unpaired) electrons. The first-order chi connectivity index (χ1) is 13.1. The first-order valence-corrected chi connectivity index (χ1v) is 9.16. The maximum Gasteiger partial charge on any atom is 0.246 e. The van der Waals surface area contributed by atoms with E-state index in [0.29, 0.717) is 0 Å². The summed E-state index contributed by atoms with van der Waals surface area (Å²) < 4.78 is 0. The number of carbonyl (C=O) groups excluding carboxylic acids is 1. The molecule has 4 rings (SSSR count). The van der Waals surface area contributed by atoms with Gasteiger partial charge in [0.25, 0.3) is 0 Å². The van der Waals surface area contributed by atoms with Gasteiger partial charge in [0.15, 0.2) is 0 Å². The fourth-order valence-corrected chi connectivity index (χ4v) is 3.47. The molecular formula is C21H23N5O. The molecule has 1 N–H and O–H groups in total. The molecule has 1 aliphatic heterocycles. The molecule has 138 valence electrons. The second kappa shape index (κ2) is 6.87. The van der Waals surface area contributed by atoms with Crippen LogP contribution < -0.4 is 4.90 Å². The fourth-order valence-electron chi connectivity index (χ4n) is 3.47. The highest BCUT2D eigenvalue weighted by molar-refractivity contribution is 5.95. The highest BCUT2D eigenvalue weighted by Gasteiger charge is 2.32. The van der Waals surface area contributed by atoms with Crippen molar-refractivity contribution in [1.29, 1.82) is 0 Å². The minimum Gasteiger partial charge on any atom is -0.366 e. The molecule has 1 aliphatic rings. The van der Waals surface area contributed by atoms with Crippen LogP contribution in [0.5, 0.6) is 0 Å². The molecular weight excluding hydrogens is 338 g/mol. The summed E-state index contributed by atoms with van der Waals surface area (Å²) in [6.45, 7) is 7.29. The van der Waals surface area contributed by atoms with Crippen molar-refractivity contribution in [3.8, 4) is 11.1 Å². The molecule has 4 heterocycles. The monoisotopic (exact) mass is 361 g/mol. The number of likely N-dealkylation sites (N-methyl/N-ethyl adjacent to an activating group) is 1. The normalized spacial score (nSPS) is 14.2. The van der Waals surface area contributed by atoms with E-state index in [1.165, 1.54) is 11.6 Å². The van der Waals surface area contributed by atoms with E-state index in [0.717, 1.165) is 47.4 Å². The molecule has 0 spiro atoms. The fraction of sp³-hybridized carbons (Fsp3) is 0.286. The molecule has 0 aliphatic carbocycles. The van der Waals surface area contributed by atoms with Gasteiger partial charge in [-0.2, -0.15) is 0 Å². The van der Waals surface area contributed by atoms with E-state index >= 15 is 0 Å². The summed E-state index contributed by atoms with van der Waals surface area (Å²) in [4.78, 5) is 27.9. The molecule has 0 bridgehead atoms. The van der Waals surface area contributed by atoms with Crippen molar-refractivity contribution in [1.82, 2.24) is 19.9 Å². The Hall–Kier alpha value is -3.15. The van der Waals surface area contributed by atoms with E-state index in [4.69, 9.17) is 0 Å². The summed E-state index contributed by atoms with van der Waals surface area (Å²) in [5, 5.41) is 1.08. The van der Waals surface area contributed by atoms with E-state index < -0.39 is 0 Å². The minimum absolute atomic E-state index is 0.0375. The van der Waals surface area contributed by atoms with Gasteiger partial charge < -0.3 is 14.8 Å². The summed E-state index contributed by atoms with van der Waals surface area (Å²) in [7, 11) is 1.82. The van der Waals surface area contributed by atoms with Crippen LogP contribution in [0.25, 0.3) is 22.2 Å². The Balaban J connectivity index is 1.60. The lowest BCUT2D eigenvalue weighted by Gasteiger charge is -2.45. The van der Waals surface area contributed by atoms with Crippen LogP contribution in [0.1, 0.15) is 12.5 Å². The third-order valence-electron chi connectivity index (χ3n) is 5.33. The average molecular weight is 361 g/mol. The molecule has 0 unspecified atom stereocenters. The number of nitrogens with zero attached hydrogens (tertiary/aromatic N) is 4. The topological polar surface area (TPSA) is 65.1 Å².